The number of hydrogen-bond acceptors (Lipinski definition) is 5. The van der Waals surface area contributed by atoms with E-state index in [1.807, 2.05) is 25.2 Å². The normalized spacial score (nSPS) is 13.8. The van der Waals surface area contributed by atoms with Crippen LogP contribution in [0.1, 0.15) is 46.0 Å². The number of aliphatic imine (C=N–C) groups is 1. The zero-order valence-electron chi connectivity index (χ0n) is 17.6. The lowest BCUT2D eigenvalue weighted by Crippen LogP contribution is -2.14. The van der Waals surface area contributed by atoms with E-state index >= 15 is 0 Å². The van der Waals surface area contributed by atoms with Gasteiger partial charge in [-0.3, -0.25) is 4.99 Å². The number of nitrogens with two attached hydrogens (primary N) is 1. The summed E-state index contributed by atoms with van der Waals surface area (Å²) in [5.74, 6) is 0. The number of rotatable bonds is 12. The first-order valence-corrected chi connectivity index (χ1v) is 11.3. The van der Waals surface area contributed by atoms with Gasteiger partial charge < -0.3 is 10.3 Å². The van der Waals surface area contributed by atoms with Gasteiger partial charge in [0.25, 0.3) is 0 Å². The molecule has 2 aromatic rings. The van der Waals surface area contributed by atoms with E-state index in [0.717, 1.165) is 36.3 Å². The molecule has 0 unspecified atom stereocenters. The predicted molar refractivity (Wildman–Crippen MR) is 128 cm³/mol. The second-order valence-corrected chi connectivity index (χ2v) is 7.76. The molecule has 1 aromatic heterocycles. The molecule has 0 aliphatic heterocycles. The van der Waals surface area contributed by atoms with Crippen molar-refractivity contribution < 1.29 is 0 Å². The Bertz CT molecular complexity index is 915. The summed E-state index contributed by atoms with van der Waals surface area (Å²) in [6.07, 6.45) is 15.3. The molecule has 0 spiro atoms. The van der Waals surface area contributed by atoms with Gasteiger partial charge in [0.05, 0.1) is 16.4 Å². The molecule has 0 amide bonds. The third-order valence-corrected chi connectivity index (χ3v) is 5.53. The third kappa shape index (κ3) is 7.91. The summed E-state index contributed by atoms with van der Waals surface area (Å²) in [5.41, 5.74) is 7.70. The van der Waals surface area contributed by atoms with Crippen molar-refractivity contribution in [1.29, 1.82) is 0 Å². The van der Waals surface area contributed by atoms with Crippen LogP contribution in [0.2, 0.25) is 0 Å². The molecule has 5 nitrogen and oxygen atoms in total. The number of aryl methyl sites for hydroxylation is 1. The fourth-order valence-corrected chi connectivity index (χ4v) is 3.85. The molecule has 156 valence electrons. The number of allylic oxidation sites excluding steroid dienone is 4. The summed E-state index contributed by atoms with van der Waals surface area (Å²) in [6, 6.07) is 8.47. The minimum Gasteiger partial charge on any atom is -0.330 e. The summed E-state index contributed by atoms with van der Waals surface area (Å²) in [7, 11) is 0. The van der Waals surface area contributed by atoms with E-state index in [2.05, 4.69) is 51.0 Å². The quantitative estimate of drug-likeness (QED) is 0.225. The molecule has 0 aliphatic rings. The molecule has 0 radical (unpaired) electrons. The number of nitrogens with zero attached hydrogens (tertiary/aromatic N) is 4. The maximum atomic E-state index is 5.46. The van der Waals surface area contributed by atoms with Crippen molar-refractivity contribution in [3.05, 3.63) is 52.9 Å². The maximum absolute atomic E-state index is 5.46. The fourth-order valence-electron chi connectivity index (χ4n) is 2.84. The third-order valence-electron chi connectivity index (χ3n) is 4.48. The molecule has 0 aliphatic carbocycles. The van der Waals surface area contributed by atoms with Gasteiger partial charge in [0.2, 0.25) is 4.80 Å². The van der Waals surface area contributed by atoms with Gasteiger partial charge in [-0.15, -0.1) is 5.10 Å². The van der Waals surface area contributed by atoms with Crippen LogP contribution >= 0.6 is 11.3 Å². The fraction of sp³-hybridized carbons (Fsp3) is 0.435. The van der Waals surface area contributed by atoms with Crippen molar-refractivity contribution in [3.63, 3.8) is 0 Å². The maximum Gasteiger partial charge on any atom is 0.211 e. The number of thiazole rings is 1. The largest absolute Gasteiger partial charge is 0.330 e. The van der Waals surface area contributed by atoms with Gasteiger partial charge in [0, 0.05) is 19.3 Å². The van der Waals surface area contributed by atoms with Crippen LogP contribution < -0.4 is 10.5 Å². The van der Waals surface area contributed by atoms with Gasteiger partial charge in [-0.2, -0.15) is 5.10 Å². The van der Waals surface area contributed by atoms with Crippen LogP contribution in [-0.4, -0.2) is 30.1 Å². The Hall–Kier alpha value is -2.31. The Morgan fingerprint density at radius 3 is 2.83 bits per heavy atom. The predicted octanol–water partition coefficient (Wildman–Crippen LogP) is 5.09. The zero-order valence-corrected chi connectivity index (χ0v) is 18.4. The van der Waals surface area contributed by atoms with Crippen LogP contribution in [0.4, 0.5) is 0 Å². The molecule has 0 saturated carbocycles. The van der Waals surface area contributed by atoms with Crippen LogP contribution in [0.3, 0.4) is 0 Å². The Balaban J connectivity index is 2.13. The van der Waals surface area contributed by atoms with Crippen molar-refractivity contribution >= 4 is 34.0 Å². The minimum absolute atomic E-state index is 0.672. The molecule has 0 saturated heterocycles. The number of unbranched alkanes of at least 4 members (excludes halogenated alkanes) is 3. The smallest absolute Gasteiger partial charge is 0.211 e. The highest BCUT2D eigenvalue weighted by Gasteiger charge is 2.05. The zero-order chi connectivity index (χ0) is 20.7. The van der Waals surface area contributed by atoms with Gasteiger partial charge in [0.1, 0.15) is 0 Å². The van der Waals surface area contributed by atoms with Gasteiger partial charge >= 0.3 is 0 Å². The van der Waals surface area contributed by atoms with Gasteiger partial charge in [-0.25, -0.2) is 0 Å². The second-order valence-electron chi connectivity index (χ2n) is 6.75. The molecule has 6 heteroatoms. The van der Waals surface area contributed by atoms with Gasteiger partial charge in [-0.1, -0.05) is 61.8 Å². The molecule has 2 N–H and O–H groups in total. The summed E-state index contributed by atoms with van der Waals surface area (Å²) < 4.78 is 3.54. The lowest BCUT2D eigenvalue weighted by atomic mass is 10.2. The highest BCUT2D eigenvalue weighted by atomic mass is 32.1. The molecular formula is C23H33N5S. The van der Waals surface area contributed by atoms with E-state index in [1.165, 1.54) is 29.5 Å². The Kier molecular flexibility index (Phi) is 10.9. The number of aromatic nitrogens is 1. The van der Waals surface area contributed by atoms with Crippen LogP contribution in [-0.2, 0) is 6.54 Å². The number of fused-ring (bicyclic) bond motifs is 1. The van der Waals surface area contributed by atoms with Crippen LogP contribution in [0, 0.1) is 0 Å². The summed E-state index contributed by atoms with van der Waals surface area (Å²) in [4.78, 5) is 5.23. The Morgan fingerprint density at radius 1 is 1.17 bits per heavy atom. The molecular weight excluding hydrogens is 378 g/mol. The topological polar surface area (TPSA) is 68.0 Å². The van der Waals surface area contributed by atoms with E-state index in [9.17, 15) is 0 Å². The van der Waals surface area contributed by atoms with Crippen molar-refractivity contribution in [2.75, 3.05) is 13.1 Å². The second kappa shape index (κ2) is 13.8. The van der Waals surface area contributed by atoms with E-state index in [1.54, 1.807) is 23.8 Å². The molecule has 0 fully saturated rings. The average molecular weight is 412 g/mol. The van der Waals surface area contributed by atoms with Crippen molar-refractivity contribution in [3.8, 4) is 0 Å². The first-order valence-electron chi connectivity index (χ1n) is 10.5. The first-order chi connectivity index (χ1) is 14.3. The van der Waals surface area contributed by atoms with E-state index in [-0.39, 0.29) is 0 Å². The minimum atomic E-state index is 0.672. The summed E-state index contributed by atoms with van der Waals surface area (Å²) in [6.45, 7) is 6.64. The molecule has 0 atom stereocenters. The average Bonchev–Trinajstić information content (AvgIpc) is 3.09. The highest BCUT2D eigenvalue weighted by Crippen LogP contribution is 2.17. The molecule has 29 heavy (non-hydrogen) atoms. The lowest BCUT2D eigenvalue weighted by Gasteiger charge is -2.04. The van der Waals surface area contributed by atoms with Gasteiger partial charge in [-0.05, 0) is 50.1 Å². The standard InChI is InChI=1S/C23H33N5S/c1-3-5-6-9-18-28-21-13-7-8-14-22(21)29-23(28)27-26-19-20(4-2)12-10-16-25-17-11-15-24/h4,7-8,10,12-14,16,19H,3,5-6,9,11,15,17-18,24H2,1-2H3/b12-10-,20-4+,25-16?,26-19+,27-23-. The Morgan fingerprint density at radius 2 is 2.03 bits per heavy atom. The van der Waals surface area contributed by atoms with Crippen molar-refractivity contribution in [2.24, 2.45) is 20.9 Å². The summed E-state index contributed by atoms with van der Waals surface area (Å²) >= 11 is 1.69. The first kappa shape index (κ1) is 23.0. The van der Waals surface area contributed by atoms with E-state index in [0.29, 0.717) is 6.54 Å². The highest BCUT2D eigenvalue weighted by molar-refractivity contribution is 7.16. The number of benzene rings is 1. The van der Waals surface area contributed by atoms with Crippen molar-refractivity contribution in [1.82, 2.24) is 4.57 Å². The van der Waals surface area contributed by atoms with Gasteiger partial charge in [0.15, 0.2) is 0 Å². The Labute approximate surface area is 178 Å². The lowest BCUT2D eigenvalue weighted by molar-refractivity contribution is 0.583. The monoisotopic (exact) mass is 411 g/mol. The molecule has 2 rings (SSSR count). The van der Waals surface area contributed by atoms with E-state index in [4.69, 9.17) is 5.73 Å². The van der Waals surface area contributed by atoms with E-state index < -0.39 is 0 Å². The molecule has 0 bridgehead atoms. The van der Waals surface area contributed by atoms with Crippen LogP contribution in [0.15, 0.2) is 63.3 Å². The molecule has 1 heterocycles. The number of hydrogen-bond donors (Lipinski definition) is 1. The van der Waals surface area contributed by atoms with Crippen LogP contribution in [0.5, 0.6) is 0 Å². The number of para-hydroxylation sites is 1. The summed E-state index contributed by atoms with van der Waals surface area (Å²) in [5, 5.41) is 8.88. The van der Waals surface area contributed by atoms with Crippen LogP contribution in [0.25, 0.3) is 10.2 Å². The van der Waals surface area contributed by atoms with Crippen molar-refractivity contribution in [2.45, 2.75) is 52.5 Å². The SMILES string of the molecule is C/C=C(\C=C/C=NCCCN)/C=N/N=c1\sc2ccccc2n1CCCCCC. The molecule has 1 aromatic carbocycles.